The Hall–Kier alpha value is -2.35. The highest BCUT2D eigenvalue weighted by Gasteiger charge is 2.28. The van der Waals surface area contributed by atoms with Gasteiger partial charge in [-0.3, -0.25) is 4.79 Å². The molecule has 158 valence electrons. The number of hydrogen-bond donors (Lipinski definition) is 3. The highest BCUT2D eigenvalue weighted by molar-refractivity contribution is 7.89. The molecule has 1 heterocycles. The van der Waals surface area contributed by atoms with Crippen molar-refractivity contribution in [3.05, 3.63) is 53.6 Å². The minimum Gasteiger partial charge on any atom is -0.481 e. The predicted molar refractivity (Wildman–Crippen MR) is 117 cm³/mol. The van der Waals surface area contributed by atoms with Crippen LogP contribution >= 0.6 is 11.6 Å². The number of primary sulfonamides is 1. The van der Waals surface area contributed by atoms with Crippen molar-refractivity contribution in [1.29, 1.82) is 0 Å². The Morgan fingerprint density at radius 1 is 1.13 bits per heavy atom. The van der Waals surface area contributed by atoms with Gasteiger partial charge in [0.05, 0.1) is 11.3 Å². The maximum Gasteiger partial charge on any atom is 0.307 e. The molecule has 0 unspecified atom stereocenters. The van der Waals surface area contributed by atoms with Crippen molar-refractivity contribution < 1.29 is 18.3 Å². The first kappa shape index (κ1) is 20.9. The number of benzene rings is 2. The van der Waals surface area contributed by atoms with Crippen LogP contribution in [0.3, 0.4) is 0 Å². The summed E-state index contributed by atoms with van der Waals surface area (Å²) in [5.74, 6) is -0.808. The molecule has 0 atom stereocenters. The fourth-order valence-corrected chi connectivity index (χ4v) is 5.67. The van der Waals surface area contributed by atoms with Crippen LogP contribution in [0.2, 0.25) is 0 Å². The number of halogens is 1. The van der Waals surface area contributed by atoms with E-state index in [4.69, 9.17) is 21.8 Å². The topological polar surface area (TPSA) is 113 Å². The molecule has 0 amide bonds. The summed E-state index contributed by atoms with van der Waals surface area (Å²) in [7, 11) is -3.97. The minimum absolute atomic E-state index is 0.0779. The molecule has 1 aromatic heterocycles. The summed E-state index contributed by atoms with van der Waals surface area (Å²) >= 11 is 6.23. The molecule has 1 aliphatic carbocycles. The first-order valence-corrected chi connectivity index (χ1v) is 11.8. The van der Waals surface area contributed by atoms with Gasteiger partial charge in [0, 0.05) is 27.5 Å². The highest BCUT2D eigenvalue weighted by atomic mass is 35.5. The van der Waals surface area contributed by atoms with Crippen molar-refractivity contribution in [3.8, 4) is 11.3 Å². The molecule has 0 radical (unpaired) electrons. The molecule has 4 N–H and O–H groups in total. The van der Waals surface area contributed by atoms with E-state index in [0.29, 0.717) is 16.8 Å². The third kappa shape index (κ3) is 4.24. The van der Waals surface area contributed by atoms with E-state index >= 15 is 0 Å². The standard InChI is InChI=1S/C22H23ClN2O4S/c23-16-8-6-14(7-9-16)17-2-1-3-18(22(17)30(24,28)29)20-12-15-5-4-13(11-21(26)27)10-19(15)25-20/h1-5,10,12,14,16,25H,6-9,11H2,(H,26,27)(H2,24,28,29). The lowest BCUT2D eigenvalue weighted by Gasteiger charge is -2.27. The van der Waals surface area contributed by atoms with Gasteiger partial charge in [-0.1, -0.05) is 30.3 Å². The first-order chi connectivity index (χ1) is 14.2. The third-order valence-electron chi connectivity index (χ3n) is 5.76. The number of H-pyrrole nitrogens is 1. The van der Waals surface area contributed by atoms with Gasteiger partial charge >= 0.3 is 5.97 Å². The summed E-state index contributed by atoms with van der Waals surface area (Å²) in [6.07, 6.45) is 3.26. The Labute approximate surface area is 180 Å². The summed E-state index contributed by atoms with van der Waals surface area (Å²) in [6, 6.07) is 12.7. The smallest absolute Gasteiger partial charge is 0.307 e. The van der Waals surface area contributed by atoms with Crippen LogP contribution in [0.4, 0.5) is 0 Å². The second-order valence-corrected chi connectivity index (χ2v) is 10.0. The number of carboxylic acids is 1. The van der Waals surface area contributed by atoms with Gasteiger partial charge in [0.15, 0.2) is 0 Å². The second kappa shape index (κ2) is 8.06. The van der Waals surface area contributed by atoms with Gasteiger partial charge in [-0.2, -0.15) is 0 Å². The Balaban J connectivity index is 1.82. The molecule has 3 aromatic rings. The van der Waals surface area contributed by atoms with Crippen molar-refractivity contribution in [1.82, 2.24) is 4.98 Å². The van der Waals surface area contributed by atoms with Crippen LogP contribution in [0.5, 0.6) is 0 Å². The highest BCUT2D eigenvalue weighted by Crippen LogP contribution is 2.41. The molecule has 8 heteroatoms. The van der Waals surface area contributed by atoms with Crippen molar-refractivity contribution in [2.75, 3.05) is 0 Å². The maximum atomic E-state index is 12.6. The number of sulfonamides is 1. The van der Waals surface area contributed by atoms with E-state index in [0.717, 1.165) is 42.1 Å². The van der Waals surface area contributed by atoms with Crippen molar-refractivity contribution in [2.24, 2.45) is 5.14 Å². The zero-order chi connectivity index (χ0) is 21.5. The number of hydrogen-bond acceptors (Lipinski definition) is 3. The van der Waals surface area contributed by atoms with Crippen LogP contribution in [-0.2, 0) is 21.2 Å². The number of fused-ring (bicyclic) bond motifs is 1. The monoisotopic (exact) mass is 446 g/mol. The lowest BCUT2D eigenvalue weighted by atomic mass is 9.83. The van der Waals surface area contributed by atoms with E-state index < -0.39 is 16.0 Å². The minimum atomic E-state index is -3.97. The molecule has 0 aliphatic heterocycles. The Morgan fingerprint density at radius 2 is 1.87 bits per heavy atom. The molecule has 2 aromatic carbocycles. The van der Waals surface area contributed by atoms with Gasteiger partial charge in [0.2, 0.25) is 10.0 Å². The number of alkyl halides is 1. The Bertz CT molecular complexity index is 1210. The van der Waals surface area contributed by atoms with E-state index in [-0.39, 0.29) is 22.6 Å². The zero-order valence-electron chi connectivity index (χ0n) is 16.3. The van der Waals surface area contributed by atoms with E-state index in [1.165, 1.54) is 0 Å². The van der Waals surface area contributed by atoms with Crippen molar-refractivity contribution >= 4 is 38.5 Å². The van der Waals surface area contributed by atoms with Crippen LogP contribution < -0.4 is 5.14 Å². The zero-order valence-corrected chi connectivity index (χ0v) is 17.8. The van der Waals surface area contributed by atoms with Crippen LogP contribution in [0, 0.1) is 0 Å². The molecule has 0 bridgehead atoms. The number of aliphatic carboxylic acids is 1. The fourth-order valence-electron chi connectivity index (χ4n) is 4.37. The van der Waals surface area contributed by atoms with Gasteiger partial charge in [-0.25, -0.2) is 13.6 Å². The maximum absolute atomic E-state index is 12.6. The van der Waals surface area contributed by atoms with Crippen LogP contribution in [-0.4, -0.2) is 29.9 Å². The third-order valence-corrected chi connectivity index (χ3v) is 7.22. The van der Waals surface area contributed by atoms with Gasteiger partial charge in [0.25, 0.3) is 0 Å². The van der Waals surface area contributed by atoms with Crippen LogP contribution in [0.15, 0.2) is 47.4 Å². The quantitative estimate of drug-likeness (QED) is 0.505. The number of nitrogens with two attached hydrogens (primary N) is 1. The summed E-state index contributed by atoms with van der Waals surface area (Å²) in [4.78, 5) is 14.4. The van der Waals surface area contributed by atoms with Crippen LogP contribution in [0.1, 0.15) is 42.7 Å². The van der Waals surface area contributed by atoms with E-state index in [9.17, 15) is 13.2 Å². The number of nitrogens with one attached hydrogen (secondary N) is 1. The molecular formula is C22H23ClN2O4S. The predicted octanol–water partition coefficient (Wildman–Crippen LogP) is 4.37. The van der Waals surface area contributed by atoms with E-state index in [1.54, 1.807) is 18.2 Å². The summed E-state index contributed by atoms with van der Waals surface area (Å²) in [6.45, 7) is 0. The van der Waals surface area contributed by atoms with Crippen molar-refractivity contribution in [2.45, 2.75) is 48.3 Å². The van der Waals surface area contributed by atoms with Gasteiger partial charge in [0.1, 0.15) is 0 Å². The largest absolute Gasteiger partial charge is 0.481 e. The van der Waals surface area contributed by atoms with E-state index in [2.05, 4.69) is 4.98 Å². The number of carbonyl (C=O) groups is 1. The molecule has 4 rings (SSSR count). The molecule has 30 heavy (non-hydrogen) atoms. The summed E-state index contributed by atoms with van der Waals surface area (Å²) < 4.78 is 25.2. The number of aromatic amines is 1. The molecule has 6 nitrogen and oxygen atoms in total. The van der Waals surface area contributed by atoms with Crippen molar-refractivity contribution in [3.63, 3.8) is 0 Å². The van der Waals surface area contributed by atoms with Crippen LogP contribution in [0.25, 0.3) is 22.2 Å². The Morgan fingerprint density at radius 3 is 2.53 bits per heavy atom. The van der Waals surface area contributed by atoms with Gasteiger partial charge in [-0.05, 0) is 54.9 Å². The number of aromatic nitrogens is 1. The normalized spacial score (nSPS) is 19.8. The van der Waals surface area contributed by atoms with Gasteiger partial charge in [-0.15, -0.1) is 11.6 Å². The fraction of sp³-hybridized carbons (Fsp3) is 0.318. The molecule has 0 spiro atoms. The summed E-state index contributed by atoms with van der Waals surface area (Å²) in [5, 5.41) is 15.7. The molecule has 1 aliphatic rings. The average molecular weight is 447 g/mol. The second-order valence-electron chi connectivity index (χ2n) is 7.89. The number of rotatable bonds is 5. The average Bonchev–Trinajstić information content (AvgIpc) is 3.10. The Kier molecular flexibility index (Phi) is 5.61. The molecule has 1 fully saturated rings. The summed E-state index contributed by atoms with van der Waals surface area (Å²) in [5.41, 5.74) is 3.32. The first-order valence-electron chi connectivity index (χ1n) is 9.86. The SMILES string of the molecule is NS(=O)(=O)c1c(-c2cc3ccc(CC(=O)O)cc3[nH]2)cccc1C1CCC(Cl)CC1. The number of carboxylic acid groups (broad SMARTS) is 1. The molecule has 1 saturated carbocycles. The van der Waals surface area contributed by atoms with E-state index in [1.807, 2.05) is 24.3 Å². The lowest BCUT2D eigenvalue weighted by Crippen LogP contribution is -2.20. The van der Waals surface area contributed by atoms with Gasteiger partial charge < -0.3 is 10.1 Å². The molecule has 0 saturated heterocycles. The molecular weight excluding hydrogens is 424 g/mol. The lowest BCUT2D eigenvalue weighted by molar-refractivity contribution is -0.136.